The van der Waals surface area contributed by atoms with Gasteiger partial charge in [0.25, 0.3) is 5.91 Å². The topological polar surface area (TPSA) is 64.6 Å². The molecule has 2 rings (SSSR count). The zero-order valence-corrected chi connectivity index (χ0v) is 18.5. The third-order valence-electron chi connectivity index (χ3n) is 4.50. The molecule has 1 aromatic heterocycles. The van der Waals surface area contributed by atoms with Crippen molar-refractivity contribution in [1.82, 2.24) is 0 Å². The zero-order valence-electron chi connectivity index (χ0n) is 17.6. The molecule has 0 radical (unpaired) electrons. The molecular weight excluding hydrogens is 374 g/mol. The number of amides is 1. The van der Waals surface area contributed by atoms with Gasteiger partial charge in [0, 0.05) is 4.88 Å². The largest absolute Gasteiger partial charge is 0.481 e. The Balaban J connectivity index is 2.11. The van der Waals surface area contributed by atoms with Gasteiger partial charge < -0.3 is 14.8 Å². The highest BCUT2D eigenvalue weighted by Gasteiger charge is 2.24. The van der Waals surface area contributed by atoms with Gasteiger partial charge in [0.1, 0.15) is 10.8 Å². The molecule has 0 bridgehead atoms. The summed E-state index contributed by atoms with van der Waals surface area (Å²) in [4.78, 5) is 25.8. The van der Waals surface area contributed by atoms with Gasteiger partial charge in [-0.3, -0.25) is 4.79 Å². The summed E-state index contributed by atoms with van der Waals surface area (Å²) < 4.78 is 10.9. The van der Waals surface area contributed by atoms with Gasteiger partial charge in [-0.2, -0.15) is 0 Å². The Morgan fingerprint density at radius 1 is 1.14 bits per heavy atom. The van der Waals surface area contributed by atoms with E-state index in [1.54, 1.807) is 13.8 Å². The SMILES string of the molecule is CCOC(=O)c1c(NC(=O)C(C)Oc2ccc(C(C)(C)C)cc2)sc(C)c1C. The van der Waals surface area contributed by atoms with E-state index < -0.39 is 12.1 Å². The number of anilines is 1. The summed E-state index contributed by atoms with van der Waals surface area (Å²) in [6.45, 7) is 13.9. The monoisotopic (exact) mass is 403 g/mol. The molecule has 28 heavy (non-hydrogen) atoms. The van der Waals surface area contributed by atoms with Gasteiger partial charge in [0.15, 0.2) is 6.10 Å². The van der Waals surface area contributed by atoms with Crippen molar-refractivity contribution >= 4 is 28.2 Å². The summed E-state index contributed by atoms with van der Waals surface area (Å²) in [5, 5.41) is 3.32. The second-order valence-electron chi connectivity index (χ2n) is 7.73. The molecule has 0 spiro atoms. The van der Waals surface area contributed by atoms with E-state index in [1.807, 2.05) is 38.1 Å². The molecule has 0 aliphatic carbocycles. The Kier molecular flexibility index (Phi) is 6.88. The fraction of sp³-hybridized carbons (Fsp3) is 0.455. The number of carbonyl (C=O) groups is 2. The normalized spacial score (nSPS) is 12.4. The molecule has 5 nitrogen and oxygen atoms in total. The van der Waals surface area contributed by atoms with E-state index in [4.69, 9.17) is 9.47 Å². The Hall–Kier alpha value is -2.34. The van der Waals surface area contributed by atoms with Crippen LogP contribution in [0.25, 0.3) is 0 Å². The van der Waals surface area contributed by atoms with Gasteiger partial charge in [-0.25, -0.2) is 4.79 Å². The number of hydrogen-bond donors (Lipinski definition) is 1. The van der Waals surface area contributed by atoms with Crippen molar-refractivity contribution < 1.29 is 19.1 Å². The molecule has 1 unspecified atom stereocenters. The lowest BCUT2D eigenvalue weighted by atomic mass is 9.87. The van der Waals surface area contributed by atoms with Crippen LogP contribution in [0.3, 0.4) is 0 Å². The second-order valence-corrected chi connectivity index (χ2v) is 8.96. The van der Waals surface area contributed by atoms with Crippen molar-refractivity contribution in [3.8, 4) is 5.75 Å². The lowest BCUT2D eigenvalue weighted by Gasteiger charge is -2.20. The maximum absolute atomic E-state index is 12.6. The first-order valence-corrected chi connectivity index (χ1v) is 10.2. The van der Waals surface area contributed by atoms with Gasteiger partial charge in [-0.05, 0) is 56.4 Å². The number of rotatable bonds is 6. The van der Waals surface area contributed by atoms with Crippen LogP contribution in [0.1, 0.15) is 61.0 Å². The van der Waals surface area contributed by atoms with E-state index in [0.29, 0.717) is 16.3 Å². The molecule has 1 aromatic carbocycles. The summed E-state index contributed by atoms with van der Waals surface area (Å²) in [5.41, 5.74) is 2.49. The van der Waals surface area contributed by atoms with Gasteiger partial charge in [0.2, 0.25) is 0 Å². The predicted octanol–water partition coefficient (Wildman–Crippen LogP) is 5.25. The highest BCUT2D eigenvalue weighted by atomic mass is 32.1. The molecule has 1 N–H and O–H groups in total. The molecule has 2 aromatic rings. The molecule has 0 aliphatic rings. The van der Waals surface area contributed by atoms with Crippen LogP contribution < -0.4 is 10.1 Å². The van der Waals surface area contributed by atoms with E-state index in [-0.39, 0.29) is 17.9 Å². The van der Waals surface area contributed by atoms with Crippen molar-refractivity contribution in [3.63, 3.8) is 0 Å². The van der Waals surface area contributed by atoms with Gasteiger partial charge in [-0.15, -0.1) is 11.3 Å². The molecular formula is C22H29NO4S. The number of esters is 1. The number of thiophene rings is 1. The number of benzene rings is 1. The third kappa shape index (κ3) is 5.13. The first kappa shape index (κ1) is 22.0. The smallest absolute Gasteiger partial charge is 0.341 e. The van der Waals surface area contributed by atoms with E-state index in [0.717, 1.165) is 10.4 Å². The minimum absolute atomic E-state index is 0.0555. The van der Waals surface area contributed by atoms with E-state index in [2.05, 4.69) is 26.1 Å². The van der Waals surface area contributed by atoms with Crippen LogP contribution in [0.5, 0.6) is 5.75 Å². The fourth-order valence-corrected chi connectivity index (χ4v) is 3.72. The van der Waals surface area contributed by atoms with Crippen molar-refractivity contribution in [2.24, 2.45) is 0 Å². The zero-order chi connectivity index (χ0) is 21.1. The van der Waals surface area contributed by atoms with E-state index in [9.17, 15) is 9.59 Å². The lowest BCUT2D eigenvalue weighted by molar-refractivity contribution is -0.122. The maximum atomic E-state index is 12.6. The minimum Gasteiger partial charge on any atom is -0.481 e. The summed E-state index contributed by atoms with van der Waals surface area (Å²) >= 11 is 1.36. The second kappa shape index (κ2) is 8.78. The van der Waals surface area contributed by atoms with Gasteiger partial charge in [0.05, 0.1) is 12.2 Å². The third-order valence-corrected chi connectivity index (χ3v) is 5.63. The maximum Gasteiger partial charge on any atom is 0.341 e. The van der Waals surface area contributed by atoms with Crippen LogP contribution in [-0.2, 0) is 14.9 Å². The Labute approximate surface area is 171 Å². The van der Waals surface area contributed by atoms with Gasteiger partial charge in [-0.1, -0.05) is 32.9 Å². The van der Waals surface area contributed by atoms with Crippen molar-refractivity contribution in [2.75, 3.05) is 11.9 Å². The molecule has 1 heterocycles. The predicted molar refractivity (Wildman–Crippen MR) is 114 cm³/mol. The lowest BCUT2D eigenvalue weighted by Crippen LogP contribution is -2.30. The molecule has 0 fully saturated rings. The average Bonchev–Trinajstić information content (AvgIpc) is 2.88. The number of hydrogen-bond acceptors (Lipinski definition) is 5. The van der Waals surface area contributed by atoms with Crippen LogP contribution >= 0.6 is 11.3 Å². The molecule has 152 valence electrons. The van der Waals surface area contributed by atoms with Crippen molar-refractivity contribution in [3.05, 3.63) is 45.8 Å². The van der Waals surface area contributed by atoms with Crippen LogP contribution in [0.15, 0.2) is 24.3 Å². The molecule has 0 saturated heterocycles. The highest BCUT2D eigenvalue weighted by molar-refractivity contribution is 7.16. The molecule has 6 heteroatoms. The summed E-state index contributed by atoms with van der Waals surface area (Å²) in [6.07, 6.45) is -0.710. The number of ether oxygens (including phenoxy) is 2. The number of nitrogens with one attached hydrogen (secondary N) is 1. The van der Waals surface area contributed by atoms with Crippen molar-refractivity contribution in [2.45, 2.75) is 60.0 Å². The van der Waals surface area contributed by atoms with Crippen LogP contribution in [0, 0.1) is 13.8 Å². The Bertz CT molecular complexity index is 847. The van der Waals surface area contributed by atoms with Crippen molar-refractivity contribution in [1.29, 1.82) is 0 Å². The molecule has 1 amide bonds. The minimum atomic E-state index is -0.710. The summed E-state index contributed by atoms with van der Waals surface area (Å²) in [5.74, 6) is -0.113. The summed E-state index contributed by atoms with van der Waals surface area (Å²) in [6, 6.07) is 7.75. The molecule has 0 aliphatic heterocycles. The number of carbonyl (C=O) groups excluding carboxylic acids is 2. The number of aryl methyl sites for hydroxylation is 1. The summed E-state index contributed by atoms with van der Waals surface area (Å²) in [7, 11) is 0. The quantitative estimate of drug-likeness (QED) is 0.670. The van der Waals surface area contributed by atoms with E-state index in [1.165, 1.54) is 16.9 Å². The van der Waals surface area contributed by atoms with Crippen LogP contribution in [0.4, 0.5) is 5.00 Å². The fourth-order valence-electron chi connectivity index (χ4n) is 2.67. The van der Waals surface area contributed by atoms with Crippen LogP contribution in [0.2, 0.25) is 0 Å². The van der Waals surface area contributed by atoms with Gasteiger partial charge >= 0.3 is 5.97 Å². The Morgan fingerprint density at radius 2 is 1.75 bits per heavy atom. The first-order valence-electron chi connectivity index (χ1n) is 9.39. The average molecular weight is 404 g/mol. The van der Waals surface area contributed by atoms with E-state index >= 15 is 0 Å². The Morgan fingerprint density at radius 3 is 2.29 bits per heavy atom. The molecule has 1 atom stereocenters. The highest BCUT2D eigenvalue weighted by Crippen LogP contribution is 2.33. The standard InChI is InChI=1S/C22H29NO4S/c1-8-26-21(25)18-13(2)15(4)28-20(18)23-19(24)14(3)27-17-11-9-16(10-12-17)22(5,6)7/h9-12,14H,8H2,1-7H3,(H,23,24). The molecule has 0 saturated carbocycles. The first-order chi connectivity index (χ1) is 13.0. The van der Waals surface area contributed by atoms with Crippen LogP contribution in [-0.4, -0.2) is 24.6 Å².